The highest BCUT2D eigenvalue weighted by atomic mass is 35.5. The van der Waals surface area contributed by atoms with Crippen molar-refractivity contribution in [2.45, 2.75) is 19.4 Å². The van der Waals surface area contributed by atoms with Crippen LogP contribution >= 0.6 is 22.9 Å². The Balaban J connectivity index is 1.55. The van der Waals surface area contributed by atoms with Crippen molar-refractivity contribution >= 4 is 39.0 Å². The highest BCUT2D eigenvalue weighted by molar-refractivity contribution is 7.16. The van der Waals surface area contributed by atoms with Gasteiger partial charge in [0.15, 0.2) is 11.5 Å². The van der Waals surface area contributed by atoms with Crippen LogP contribution in [0.5, 0.6) is 11.5 Å². The molecule has 2 N–H and O–H groups in total. The number of hydrogen-bond acceptors (Lipinski definition) is 7. The molecule has 0 amide bonds. The summed E-state index contributed by atoms with van der Waals surface area (Å²) in [6.07, 6.45) is -0.0138. The molecule has 0 spiro atoms. The molecule has 3 heterocycles. The minimum atomic E-state index is -0.767. The molecule has 3 aromatic rings. The first-order chi connectivity index (χ1) is 12.7. The number of aromatic nitrogens is 2. The molecule has 0 fully saturated rings. The number of ether oxygens (including phenoxy) is 2. The van der Waals surface area contributed by atoms with Crippen LogP contribution in [0, 0.1) is 0 Å². The molecule has 0 radical (unpaired) electrons. The lowest BCUT2D eigenvalue weighted by Crippen LogP contribution is -2.17. The maximum Gasteiger partial charge on any atom is 0.179 e. The highest BCUT2D eigenvalue weighted by Gasteiger charge is 2.20. The zero-order valence-corrected chi connectivity index (χ0v) is 15.7. The predicted molar refractivity (Wildman–Crippen MR) is 103 cm³/mol. The van der Waals surface area contributed by atoms with E-state index >= 15 is 0 Å². The smallest absolute Gasteiger partial charge is 0.179 e. The van der Waals surface area contributed by atoms with Crippen molar-refractivity contribution in [2.75, 3.05) is 25.1 Å². The first-order valence-electron chi connectivity index (χ1n) is 8.40. The molecule has 0 saturated heterocycles. The van der Waals surface area contributed by atoms with E-state index in [0.717, 1.165) is 28.3 Å². The van der Waals surface area contributed by atoms with Crippen molar-refractivity contribution < 1.29 is 14.6 Å². The molecule has 1 aromatic carbocycles. The van der Waals surface area contributed by atoms with Crippen molar-refractivity contribution in [1.82, 2.24) is 9.97 Å². The summed E-state index contributed by atoms with van der Waals surface area (Å²) in [5.41, 5.74) is 0.665. The Hall–Kier alpha value is -2.09. The lowest BCUT2D eigenvalue weighted by molar-refractivity contribution is 0.167. The number of nitrogens with zero attached hydrogens (tertiary/aromatic N) is 2. The summed E-state index contributed by atoms with van der Waals surface area (Å²) in [5, 5.41) is 17.2. The average Bonchev–Trinajstić information content (AvgIpc) is 3.14. The molecule has 26 heavy (non-hydrogen) atoms. The maximum absolute atomic E-state index is 10.6. The number of nitrogens with one attached hydrogen (secondary N) is 1. The van der Waals surface area contributed by atoms with Crippen LogP contribution < -0.4 is 14.8 Å². The van der Waals surface area contributed by atoms with E-state index in [2.05, 4.69) is 15.3 Å². The van der Waals surface area contributed by atoms with Gasteiger partial charge in [0.05, 0.1) is 16.5 Å². The maximum atomic E-state index is 10.6. The summed E-state index contributed by atoms with van der Waals surface area (Å²) in [4.78, 5) is 10.0. The fourth-order valence-electron chi connectivity index (χ4n) is 2.83. The van der Waals surface area contributed by atoms with Gasteiger partial charge in [0.25, 0.3) is 0 Å². The largest absolute Gasteiger partial charge is 0.486 e. The van der Waals surface area contributed by atoms with Gasteiger partial charge in [-0.25, -0.2) is 9.97 Å². The predicted octanol–water partition coefficient (Wildman–Crippen LogP) is 3.82. The van der Waals surface area contributed by atoms with Crippen molar-refractivity contribution in [3.05, 3.63) is 40.0 Å². The molecule has 6 nitrogen and oxygen atoms in total. The van der Waals surface area contributed by atoms with E-state index in [1.54, 1.807) is 23.5 Å². The monoisotopic (exact) mass is 391 g/mol. The molecule has 8 heteroatoms. The second-order valence-corrected chi connectivity index (χ2v) is 7.21. The molecule has 1 aliphatic heterocycles. The molecule has 0 saturated carbocycles. The Labute approximate surface area is 159 Å². The minimum absolute atomic E-state index is 0.293. The zero-order chi connectivity index (χ0) is 18.1. The molecular weight excluding hydrogens is 374 g/mol. The molecule has 1 aliphatic rings. The van der Waals surface area contributed by atoms with Crippen LogP contribution in [-0.2, 0) is 6.42 Å². The van der Waals surface area contributed by atoms with Gasteiger partial charge >= 0.3 is 0 Å². The summed E-state index contributed by atoms with van der Waals surface area (Å²) in [6, 6.07) is 5.46. The van der Waals surface area contributed by atoms with Crippen molar-refractivity contribution in [3.63, 3.8) is 0 Å². The summed E-state index contributed by atoms with van der Waals surface area (Å²) in [7, 11) is 0. The van der Waals surface area contributed by atoms with Gasteiger partial charge in [-0.3, -0.25) is 0 Å². The van der Waals surface area contributed by atoms with E-state index in [9.17, 15) is 5.11 Å². The number of anilines is 1. The third kappa shape index (κ3) is 3.30. The van der Waals surface area contributed by atoms with Gasteiger partial charge in [-0.2, -0.15) is 0 Å². The van der Waals surface area contributed by atoms with E-state index in [-0.39, 0.29) is 0 Å². The number of thiophene rings is 1. The van der Waals surface area contributed by atoms with E-state index < -0.39 is 6.10 Å². The summed E-state index contributed by atoms with van der Waals surface area (Å²) in [5.74, 6) is 2.61. The van der Waals surface area contributed by atoms with Crippen LogP contribution in [0.4, 0.5) is 5.82 Å². The Morgan fingerprint density at radius 2 is 2.15 bits per heavy atom. The highest BCUT2D eigenvalue weighted by Crippen LogP contribution is 2.39. The number of fused-ring (bicyclic) bond motifs is 2. The van der Waals surface area contributed by atoms with Crippen LogP contribution in [0.1, 0.15) is 24.4 Å². The van der Waals surface area contributed by atoms with E-state index in [1.165, 1.54) is 0 Å². The number of benzene rings is 1. The Morgan fingerprint density at radius 1 is 1.31 bits per heavy atom. The topological polar surface area (TPSA) is 76.5 Å². The van der Waals surface area contributed by atoms with Crippen LogP contribution in [0.2, 0.25) is 5.02 Å². The van der Waals surface area contributed by atoms with Gasteiger partial charge in [-0.05, 0) is 29.1 Å². The first kappa shape index (κ1) is 17.3. The first-order valence-corrected chi connectivity index (χ1v) is 9.66. The second kappa shape index (κ2) is 7.26. The molecule has 0 aliphatic carbocycles. The van der Waals surface area contributed by atoms with Crippen LogP contribution in [0.3, 0.4) is 0 Å². The van der Waals surface area contributed by atoms with Gasteiger partial charge in [0, 0.05) is 13.0 Å². The Bertz CT molecular complexity index is 947. The lowest BCUT2D eigenvalue weighted by Gasteiger charge is -2.22. The van der Waals surface area contributed by atoms with Crippen LogP contribution in [-0.4, -0.2) is 34.8 Å². The second-order valence-electron chi connectivity index (χ2n) is 5.91. The fourth-order valence-corrected chi connectivity index (χ4v) is 3.88. The lowest BCUT2D eigenvalue weighted by atomic mass is 10.1. The molecule has 0 bridgehead atoms. The quantitative estimate of drug-likeness (QED) is 0.688. The third-order valence-electron chi connectivity index (χ3n) is 4.15. The van der Waals surface area contributed by atoms with Gasteiger partial charge < -0.3 is 19.9 Å². The van der Waals surface area contributed by atoms with Gasteiger partial charge in [-0.15, -0.1) is 11.3 Å². The Morgan fingerprint density at radius 3 is 3.00 bits per heavy atom. The normalized spacial score (nSPS) is 14.4. The summed E-state index contributed by atoms with van der Waals surface area (Å²) < 4.78 is 11.1. The molecule has 1 atom stereocenters. The number of aliphatic hydroxyl groups excluding tert-OH is 1. The van der Waals surface area contributed by atoms with Gasteiger partial charge in [0.1, 0.15) is 29.7 Å². The fraction of sp³-hybridized carbons (Fsp3) is 0.333. The third-order valence-corrected chi connectivity index (χ3v) is 5.24. The van der Waals surface area contributed by atoms with Crippen LogP contribution in [0.15, 0.2) is 23.6 Å². The average molecular weight is 392 g/mol. The number of halogens is 1. The standard InChI is InChI=1S/C18H18ClN3O3S/c1-2-15-21-17(11-3-6-26-18(11)22-15)20-9-13(23)10-7-12(19)16-14(8-10)24-4-5-25-16/h3,6-8,13,23H,2,4-5,9H2,1H3,(H,20,21,22). The number of aliphatic hydroxyl groups is 1. The van der Waals surface area contributed by atoms with Gasteiger partial charge in [0.2, 0.25) is 0 Å². The minimum Gasteiger partial charge on any atom is -0.486 e. The Kier molecular flexibility index (Phi) is 4.84. The van der Waals surface area contributed by atoms with Crippen LogP contribution in [0.25, 0.3) is 10.2 Å². The number of rotatable bonds is 5. The molecule has 136 valence electrons. The number of aryl methyl sites for hydroxylation is 1. The zero-order valence-electron chi connectivity index (χ0n) is 14.2. The van der Waals surface area contributed by atoms with E-state index in [1.807, 2.05) is 18.4 Å². The van der Waals surface area contributed by atoms with E-state index in [0.29, 0.717) is 41.8 Å². The van der Waals surface area contributed by atoms with Crippen molar-refractivity contribution in [2.24, 2.45) is 0 Å². The van der Waals surface area contributed by atoms with Crippen molar-refractivity contribution in [1.29, 1.82) is 0 Å². The SMILES string of the molecule is CCc1nc(NCC(O)c2cc(Cl)c3c(c2)OCCO3)c2ccsc2n1. The molecule has 1 unspecified atom stereocenters. The van der Waals surface area contributed by atoms with Crippen molar-refractivity contribution in [3.8, 4) is 11.5 Å². The van der Waals surface area contributed by atoms with Gasteiger partial charge in [-0.1, -0.05) is 18.5 Å². The summed E-state index contributed by atoms with van der Waals surface area (Å²) in [6.45, 7) is 3.25. The molecular formula is C18H18ClN3O3S. The summed E-state index contributed by atoms with van der Waals surface area (Å²) >= 11 is 7.83. The van der Waals surface area contributed by atoms with E-state index in [4.69, 9.17) is 21.1 Å². The molecule has 4 rings (SSSR count). The number of hydrogen-bond donors (Lipinski definition) is 2. The molecule has 2 aromatic heterocycles.